The molecule has 3 heteroatoms. The normalized spacial score (nSPS) is 15.4. The van der Waals surface area contributed by atoms with E-state index in [1.807, 2.05) is 12.1 Å². The van der Waals surface area contributed by atoms with E-state index in [-0.39, 0.29) is 0 Å². The van der Waals surface area contributed by atoms with Crippen LogP contribution in [0.3, 0.4) is 0 Å². The summed E-state index contributed by atoms with van der Waals surface area (Å²) in [6, 6.07) is 7.29. The first-order valence-corrected chi connectivity index (χ1v) is 4.30. The van der Waals surface area contributed by atoms with Gasteiger partial charge in [0.2, 0.25) is 0 Å². The van der Waals surface area contributed by atoms with Crippen molar-refractivity contribution >= 4 is 0 Å². The molecular weight excluding hydrogens is 166 g/mol. The molecule has 0 spiro atoms. The zero-order valence-corrected chi connectivity index (χ0v) is 7.64. The average Bonchev–Trinajstić information content (AvgIpc) is 2.16. The van der Waals surface area contributed by atoms with Crippen LogP contribution in [0.5, 0.6) is 0 Å². The van der Waals surface area contributed by atoms with Crippen molar-refractivity contribution in [1.82, 2.24) is 0 Å². The molecule has 0 radical (unpaired) electrons. The Morgan fingerprint density at radius 1 is 1.38 bits per heavy atom. The first kappa shape index (κ1) is 10.2. The Balaban J connectivity index is 2.88. The van der Waals surface area contributed by atoms with E-state index in [9.17, 15) is 5.11 Å². The second-order valence-corrected chi connectivity index (χ2v) is 3.13. The maximum absolute atomic E-state index is 9.53. The molecule has 4 N–H and O–H groups in total. The topological polar surface area (TPSA) is 66.5 Å². The number of nitrogens with two attached hydrogens (primary N) is 1. The Hall–Kier alpha value is -0.900. The number of rotatable bonds is 3. The van der Waals surface area contributed by atoms with Gasteiger partial charge in [-0.1, -0.05) is 24.3 Å². The predicted octanol–water partition coefficient (Wildman–Crippen LogP) is 0.560. The van der Waals surface area contributed by atoms with Gasteiger partial charge in [-0.2, -0.15) is 0 Å². The van der Waals surface area contributed by atoms with Crippen molar-refractivity contribution in [2.45, 2.75) is 25.7 Å². The second kappa shape index (κ2) is 4.37. The highest BCUT2D eigenvalue weighted by Crippen LogP contribution is 2.17. The molecular formula is C10H15NO2. The molecule has 2 unspecified atom stereocenters. The summed E-state index contributed by atoms with van der Waals surface area (Å²) in [7, 11) is 0. The first-order chi connectivity index (χ1) is 6.15. The fraction of sp³-hybridized carbons (Fsp3) is 0.400. The zero-order chi connectivity index (χ0) is 9.84. The van der Waals surface area contributed by atoms with Gasteiger partial charge in [-0.25, -0.2) is 0 Å². The molecule has 2 atom stereocenters. The van der Waals surface area contributed by atoms with Gasteiger partial charge in [-0.05, 0) is 18.1 Å². The van der Waals surface area contributed by atoms with Gasteiger partial charge in [0, 0.05) is 6.54 Å². The van der Waals surface area contributed by atoms with E-state index in [0.29, 0.717) is 12.1 Å². The van der Waals surface area contributed by atoms with Crippen molar-refractivity contribution in [2.75, 3.05) is 0 Å². The summed E-state index contributed by atoms with van der Waals surface area (Å²) in [5.41, 5.74) is 7.11. The standard InChI is InChI=1S/C10H15NO2/c1-7(12)10(13)9-4-2-3-8(5-9)6-11/h2-5,7,10,12-13H,6,11H2,1H3. The molecule has 1 aromatic rings. The van der Waals surface area contributed by atoms with E-state index in [1.54, 1.807) is 19.1 Å². The Morgan fingerprint density at radius 3 is 2.62 bits per heavy atom. The van der Waals surface area contributed by atoms with Gasteiger partial charge in [-0.15, -0.1) is 0 Å². The molecule has 1 rings (SSSR count). The number of benzene rings is 1. The molecule has 1 aromatic carbocycles. The minimum Gasteiger partial charge on any atom is -0.390 e. The quantitative estimate of drug-likeness (QED) is 0.638. The molecule has 0 aliphatic rings. The summed E-state index contributed by atoms with van der Waals surface area (Å²) in [5, 5.41) is 18.7. The molecule has 0 aliphatic carbocycles. The molecule has 0 aliphatic heterocycles. The highest BCUT2D eigenvalue weighted by Gasteiger charge is 2.12. The minimum atomic E-state index is -0.827. The van der Waals surface area contributed by atoms with Crippen LogP contribution in [0, 0.1) is 0 Å². The van der Waals surface area contributed by atoms with Crippen LogP contribution in [0.1, 0.15) is 24.2 Å². The lowest BCUT2D eigenvalue weighted by Gasteiger charge is -2.14. The average molecular weight is 181 g/mol. The van der Waals surface area contributed by atoms with Gasteiger partial charge in [0.1, 0.15) is 6.10 Å². The van der Waals surface area contributed by atoms with Gasteiger partial charge in [0.05, 0.1) is 6.10 Å². The van der Waals surface area contributed by atoms with E-state index in [2.05, 4.69) is 0 Å². The van der Waals surface area contributed by atoms with E-state index in [1.165, 1.54) is 0 Å². The van der Waals surface area contributed by atoms with Crippen LogP contribution >= 0.6 is 0 Å². The van der Waals surface area contributed by atoms with E-state index in [0.717, 1.165) is 5.56 Å². The van der Waals surface area contributed by atoms with Gasteiger partial charge in [0.15, 0.2) is 0 Å². The molecule has 72 valence electrons. The van der Waals surface area contributed by atoms with Crippen molar-refractivity contribution in [3.05, 3.63) is 35.4 Å². The second-order valence-electron chi connectivity index (χ2n) is 3.13. The number of hydrogen-bond acceptors (Lipinski definition) is 3. The van der Waals surface area contributed by atoms with Crippen LogP contribution in [0.4, 0.5) is 0 Å². The first-order valence-electron chi connectivity index (χ1n) is 4.30. The van der Waals surface area contributed by atoms with Crippen molar-refractivity contribution in [3.8, 4) is 0 Å². The summed E-state index contributed by atoms with van der Waals surface area (Å²) in [5.74, 6) is 0. The third-order valence-corrected chi connectivity index (χ3v) is 1.99. The molecule has 0 saturated heterocycles. The smallest absolute Gasteiger partial charge is 0.105 e. The van der Waals surface area contributed by atoms with Crippen LogP contribution in [0.2, 0.25) is 0 Å². The molecule has 0 bridgehead atoms. The van der Waals surface area contributed by atoms with Gasteiger partial charge in [0.25, 0.3) is 0 Å². The number of aliphatic hydroxyl groups is 2. The van der Waals surface area contributed by atoms with Gasteiger partial charge >= 0.3 is 0 Å². The van der Waals surface area contributed by atoms with E-state index < -0.39 is 12.2 Å². The van der Waals surface area contributed by atoms with Crippen LogP contribution < -0.4 is 5.73 Å². The zero-order valence-electron chi connectivity index (χ0n) is 7.64. The maximum atomic E-state index is 9.53. The van der Waals surface area contributed by atoms with E-state index in [4.69, 9.17) is 10.8 Å². The molecule has 13 heavy (non-hydrogen) atoms. The summed E-state index contributed by atoms with van der Waals surface area (Å²) < 4.78 is 0. The van der Waals surface area contributed by atoms with E-state index >= 15 is 0 Å². The third-order valence-electron chi connectivity index (χ3n) is 1.99. The fourth-order valence-corrected chi connectivity index (χ4v) is 1.18. The lowest BCUT2D eigenvalue weighted by Crippen LogP contribution is -2.14. The minimum absolute atomic E-state index is 0.445. The van der Waals surface area contributed by atoms with Crippen LogP contribution in [-0.4, -0.2) is 16.3 Å². The van der Waals surface area contributed by atoms with Crippen molar-refractivity contribution in [2.24, 2.45) is 5.73 Å². The number of hydrogen-bond donors (Lipinski definition) is 3. The Kier molecular flexibility index (Phi) is 3.42. The van der Waals surface area contributed by atoms with Crippen molar-refractivity contribution in [3.63, 3.8) is 0 Å². The predicted molar refractivity (Wildman–Crippen MR) is 51.0 cm³/mol. The maximum Gasteiger partial charge on any atom is 0.105 e. The molecule has 3 nitrogen and oxygen atoms in total. The fourth-order valence-electron chi connectivity index (χ4n) is 1.18. The van der Waals surface area contributed by atoms with Gasteiger partial charge < -0.3 is 15.9 Å². The van der Waals surface area contributed by atoms with Crippen LogP contribution in [0.25, 0.3) is 0 Å². The van der Waals surface area contributed by atoms with Crippen molar-refractivity contribution in [1.29, 1.82) is 0 Å². The van der Waals surface area contributed by atoms with Crippen molar-refractivity contribution < 1.29 is 10.2 Å². The van der Waals surface area contributed by atoms with Crippen LogP contribution in [-0.2, 0) is 6.54 Å². The summed E-state index contributed by atoms with van der Waals surface area (Å²) in [6.07, 6.45) is -1.58. The lowest BCUT2D eigenvalue weighted by atomic mass is 10.0. The summed E-state index contributed by atoms with van der Waals surface area (Å²) >= 11 is 0. The SMILES string of the molecule is CC(O)C(O)c1cccc(CN)c1. The Morgan fingerprint density at radius 2 is 2.08 bits per heavy atom. The Labute approximate surface area is 77.8 Å². The monoisotopic (exact) mass is 181 g/mol. The number of aliphatic hydroxyl groups excluding tert-OH is 2. The molecule has 0 fully saturated rings. The summed E-state index contributed by atoms with van der Waals surface area (Å²) in [4.78, 5) is 0. The summed E-state index contributed by atoms with van der Waals surface area (Å²) in [6.45, 7) is 2.00. The highest BCUT2D eigenvalue weighted by molar-refractivity contribution is 5.25. The highest BCUT2D eigenvalue weighted by atomic mass is 16.3. The lowest BCUT2D eigenvalue weighted by molar-refractivity contribution is 0.0305. The Bertz CT molecular complexity index is 273. The van der Waals surface area contributed by atoms with Crippen LogP contribution in [0.15, 0.2) is 24.3 Å². The molecule has 0 aromatic heterocycles. The molecule has 0 saturated carbocycles. The van der Waals surface area contributed by atoms with Gasteiger partial charge in [-0.3, -0.25) is 0 Å². The molecule has 0 heterocycles. The third kappa shape index (κ3) is 2.52. The largest absolute Gasteiger partial charge is 0.390 e. The molecule has 0 amide bonds.